The smallest absolute Gasteiger partial charge is 0.330 e. The van der Waals surface area contributed by atoms with Crippen molar-refractivity contribution in [2.24, 2.45) is 0 Å². The molecule has 3 N–H and O–H groups in total. The van der Waals surface area contributed by atoms with Crippen molar-refractivity contribution < 1.29 is 0 Å². The summed E-state index contributed by atoms with van der Waals surface area (Å²) in [5.74, 6) is 2.23. The molecule has 0 fully saturated rings. The first kappa shape index (κ1) is 8.14. The maximum Gasteiger partial charge on any atom is 0.330 e. The molecule has 0 radical (unpaired) electrons. The van der Waals surface area contributed by atoms with Gasteiger partial charge in [0.05, 0.1) is 6.54 Å². The SMILES string of the molecule is C#CCn1c(=O)cc(N)[nH]c1=O. The number of rotatable bonds is 1. The summed E-state index contributed by atoms with van der Waals surface area (Å²) in [7, 11) is 0. The van der Waals surface area contributed by atoms with Crippen LogP contribution in [0.2, 0.25) is 0 Å². The average Bonchev–Trinajstić information content (AvgIpc) is 1.96. The molecule has 0 aliphatic carbocycles. The lowest BCUT2D eigenvalue weighted by Gasteiger charge is -1.98. The largest absolute Gasteiger partial charge is 0.385 e. The molecule has 5 nitrogen and oxygen atoms in total. The van der Waals surface area contributed by atoms with Crippen molar-refractivity contribution in [3.05, 3.63) is 26.9 Å². The van der Waals surface area contributed by atoms with Crippen LogP contribution < -0.4 is 17.0 Å². The van der Waals surface area contributed by atoms with Crippen LogP contribution in [0.25, 0.3) is 0 Å². The number of hydrogen-bond donors (Lipinski definition) is 2. The monoisotopic (exact) mass is 165 g/mol. The zero-order chi connectivity index (χ0) is 9.14. The predicted octanol–water partition coefficient (Wildman–Crippen LogP) is -1.25. The first-order chi connectivity index (χ1) is 5.65. The number of nitrogens with one attached hydrogen (secondary N) is 1. The number of aromatic nitrogens is 2. The minimum atomic E-state index is -0.585. The highest BCUT2D eigenvalue weighted by Gasteiger charge is 1.99. The molecule has 0 atom stereocenters. The molecular weight excluding hydrogens is 158 g/mol. The van der Waals surface area contributed by atoms with E-state index in [2.05, 4.69) is 10.9 Å². The maximum atomic E-state index is 11.0. The molecule has 0 aliphatic heterocycles. The second kappa shape index (κ2) is 2.96. The Morgan fingerprint density at radius 1 is 1.67 bits per heavy atom. The number of nitrogens with zero attached hydrogens (tertiary/aromatic N) is 1. The Morgan fingerprint density at radius 2 is 2.33 bits per heavy atom. The van der Waals surface area contributed by atoms with E-state index in [9.17, 15) is 9.59 Å². The lowest BCUT2D eigenvalue weighted by atomic mass is 10.5. The number of hydrogen-bond acceptors (Lipinski definition) is 3. The number of nitrogen functional groups attached to an aromatic ring is 1. The topological polar surface area (TPSA) is 80.9 Å². The number of anilines is 1. The lowest BCUT2D eigenvalue weighted by Crippen LogP contribution is -2.34. The molecule has 1 aromatic rings. The van der Waals surface area contributed by atoms with E-state index < -0.39 is 11.2 Å². The fraction of sp³-hybridized carbons (Fsp3) is 0.143. The predicted molar refractivity (Wildman–Crippen MR) is 44.6 cm³/mol. The van der Waals surface area contributed by atoms with Crippen molar-refractivity contribution in [2.45, 2.75) is 6.54 Å². The van der Waals surface area contributed by atoms with Gasteiger partial charge >= 0.3 is 5.69 Å². The Morgan fingerprint density at radius 3 is 2.83 bits per heavy atom. The summed E-state index contributed by atoms with van der Waals surface area (Å²) in [5, 5.41) is 0. The minimum absolute atomic E-state index is 0.0401. The van der Waals surface area contributed by atoms with Gasteiger partial charge in [0.1, 0.15) is 5.82 Å². The minimum Gasteiger partial charge on any atom is -0.385 e. The first-order valence-corrected chi connectivity index (χ1v) is 3.18. The van der Waals surface area contributed by atoms with Gasteiger partial charge in [0, 0.05) is 6.07 Å². The normalized spacial score (nSPS) is 9.25. The fourth-order valence-corrected chi connectivity index (χ4v) is 0.779. The zero-order valence-corrected chi connectivity index (χ0v) is 6.20. The van der Waals surface area contributed by atoms with E-state index in [1.807, 2.05) is 0 Å². The average molecular weight is 165 g/mol. The van der Waals surface area contributed by atoms with Gasteiger partial charge in [-0.2, -0.15) is 0 Å². The highest BCUT2D eigenvalue weighted by atomic mass is 16.2. The summed E-state index contributed by atoms with van der Waals surface area (Å²) in [4.78, 5) is 24.3. The molecule has 0 amide bonds. The van der Waals surface area contributed by atoms with Crippen LogP contribution in [-0.2, 0) is 6.54 Å². The second-order valence-corrected chi connectivity index (χ2v) is 2.16. The third-order valence-corrected chi connectivity index (χ3v) is 1.29. The maximum absolute atomic E-state index is 11.0. The zero-order valence-electron chi connectivity index (χ0n) is 6.20. The van der Waals surface area contributed by atoms with Crippen molar-refractivity contribution in [3.8, 4) is 12.3 Å². The molecule has 1 aromatic heterocycles. The summed E-state index contributed by atoms with van der Waals surface area (Å²) < 4.78 is 0.885. The second-order valence-electron chi connectivity index (χ2n) is 2.16. The highest BCUT2D eigenvalue weighted by Crippen LogP contribution is 1.81. The van der Waals surface area contributed by atoms with E-state index in [-0.39, 0.29) is 12.4 Å². The molecule has 0 bridgehead atoms. The van der Waals surface area contributed by atoms with Gasteiger partial charge in [-0.25, -0.2) is 9.36 Å². The Labute approximate surface area is 67.8 Å². The van der Waals surface area contributed by atoms with Gasteiger partial charge in [0.25, 0.3) is 5.56 Å². The first-order valence-electron chi connectivity index (χ1n) is 3.18. The van der Waals surface area contributed by atoms with Gasteiger partial charge in [-0.1, -0.05) is 5.92 Å². The summed E-state index contributed by atoms with van der Waals surface area (Å²) in [5.41, 5.74) is 4.13. The van der Waals surface area contributed by atoms with E-state index in [1.54, 1.807) is 0 Å². The van der Waals surface area contributed by atoms with Crippen LogP contribution in [0.5, 0.6) is 0 Å². The Hall–Kier alpha value is -1.96. The molecule has 0 spiro atoms. The molecule has 0 saturated heterocycles. The summed E-state index contributed by atoms with van der Waals surface area (Å²) >= 11 is 0. The lowest BCUT2D eigenvalue weighted by molar-refractivity contribution is 0.730. The van der Waals surface area contributed by atoms with E-state index in [0.717, 1.165) is 10.6 Å². The molecule has 62 valence electrons. The van der Waals surface area contributed by atoms with Crippen LogP contribution in [0, 0.1) is 12.3 Å². The van der Waals surface area contributed by atoms with E-state index >= 15 is 0 Å². The van der Waals surface area contributed by atoms with Crippen LogP contribution in [-0.4, -0.2) is 9.55 Å². The van der Waals surface area contributed by atoms with E-state index in [0.29, 0.717) is 0 Å². The van der Waals surface area contributed by atoms with Crippen LogP contribution >= 0.6 is 0 Å². The standard InChI is InChI=1S/C7H7N3O2/c1-2-3-10-6(11)4-5(8)9-7(10)12/h1,4H,3,8H2,(H,9,12). The van der Waals surface area contributed by atoms with Crippen LogP contribution in [0.1, 0.15) is 0 Å². The molecule has 1 heterocycles. The number of nitrogens with two attached hydrogens (primary N) is 1. The van der Waals surface area contributed by atoms with Crippen molar-refractivity contribution in [1.82, 2.24) is 9.55 Å². The third-order valence-electron chi connectivity index (χ3n) is 1.29. The van der Waals surface area contributed by atoms with Crippen molar-refractivity contribution in [2.75, 3.05) is 5.73 Å². The quantitative estimate of drug-likeness (QED) is 0.510. The Balaban J connectivity index is 3.42. The molecule has 0 saturated carbocycles. The van der Waals surface area contributed by atoms with Crippen molar-refractivity contribution in [3.63, 3.8) is 0 Å². The van der Waals surface area contributed by atoms with E-state index in [1.165, 1.54) is 0 Å². The van der Waals surface area contributed by atoms with Gasteiger partial charge in [-0.3, -0.25) is 9.78 Å². The highest BCUT2D eigenvalue weighted by molar-refractivity contribution is 5.23. The number of terminal acetylenes is 1. The molecule has 0 aliphatic rings. The molecule has 0 aromatic carbocycles. The van der Waals surface area contributed by atoms with Crippen LogP contribution in [0.15, 0.2) is 15.7 Å². The molecule has 12 heavy (non-hydrogen) atoms. The fourth-order valence-electron chi connectivity index (χ4n) is 0.779. The molecule has 5 heteroatoms. The van der Waals surface area contributed by atoms with Gasteiger partial charge < -0.3 is 5.73 Å². The van der Waals surface area contributed by atoms with Gasteiger partial charge in [-0.15, -0.1) is 6.42 Å². The van der Waals surface area contributed by atoms with E-state index in [4.69, 9.17) is 12.2 Å². The molecular formula is C7H7N3O2. The summed E-state index contributed by atoms with van der Waals surface area (Å²) in [6.07, 6.45) is 4.94. The van der Waals surface area contributed by atoms with Gasteiger partial charge in [0.15, 0.2) is 0 Å². The Bertz CT molecular complexity index is 404. The van der Waals surface area contributed by atoms with Crippen molar-refractivity contribution in [1.29, 1.82) is 0 Å². The van der Waals surface area contributed by atoms with Gasteiger partial charge in [0.2, 0.25) is 0 Å². The van der Waals surface area contributed by atoms with Gasteiger partial charge in [-0.05, 0) is 0 Å². The molecule has 0 unspecified atom stereocenters. The summed E-state index contributed by atoms with van der Waals surface area (Å²) in [6, 6.07) is 1.11. The Kier molecular flexibility index (Phi) is 2.01. The molecule has 1 rings (SSSR count). The number of aromatic amines is 1. The van der Waals surface area contributed by atoms with Crippen LogP contribution in [0.4, 0.5) is 5.82 Å². The summed E-state index contributed by atoms with van der Waals surface area (Å²) in [6.45, 7) is -0.0472. The third kappa shape index (κ3) is 1.37. The van der Waals surface area contributed by atoms with Crippen LogP contribution in [0.3, 0.4) is 0 Å². The number of H-pyrrole nitrogens is 1. The van der Waals surface area contributed by atoms with Crippen molar-refractivity contribution >= 4 is 5.82 Å².